The molecule has 0 saturated heterocycles. The molecule has 2 aromatic carbocycles. The lowest BCUT2D eigenvalue weighted by Gasteiger charge is -2.66. The Balaban J connectivity index is 1.68. The number of rotatable bonds is 2. The monoisotopic (exact) mass is 390 g/mol. The number of hydrogen-bond donors (Lipinski definition) is 2. The maximum absolute atomic E-state index is 10.4. The summed E-state index contributed by atoms with van der Waals surface area (Å²) in [6.07, 6.45) is 7.63. The third-order valence-corrected chi connectivity index (χ3v) is 8.55. The molecule has 0 spiro atoms. The summed E-state index contributed by atoms with van der Waals surface area (Å²) >= 11 is 0. The second-order valence-corrected chi connectivity index (χ2v) is 11.3. The van der Waals surface area contributed by atoms with Crippen molar-refractivity contribution in [3.05, 3.63) is 57.6 Å². The van der Waals surface area contributed by atoms with E-state index in [0.717, 1.165) is 28.2 Å². The molecule has 0 aromatic heterocycles. The van der Waals surface area contributed by atoms with Gasteiger partial charge in [0.15, 0.2) is 0 Å². The Labute approximate surface area is 175 Å². The van der Waals surface area contributed by atoms with Crippen LogP contribution in [0.3, 0.4) is 0 Å². The second kappa shape index (κ2) is 5.80. The molecule has 2 N–H and O–H groups in total. The minimum atomic E-state index is 0.205. The van der Waals surface area contributed by atoms with Gasteiger partial charge >= 0.3 is 0 Å². The first-order valence-electron chi connectivity index (χ1n) is 11.2. The molecule has 4 bridgehead atoms. The predicted octanol–water partition coefficient (Wildman–Crippen LogP) is 6.51. The van der Waals surface area contributed by atoms with Crippen LogP contribution in [0.4, 0.5) is 0 Å². The van der Waals surface area contributed by atoms with Gasteiger partial charge in [0.05, 0.1) is 0 Å². The average Bonchev–Trinajstić information content (AvgIpc) is 2.61. The van der Waals surface area contributed by atoms with Crippen molar-refractivity contribution in [3.63, 3.8) is 0 Å². The van der Waals surface area contributed by atoms with Crippen molar-refractivity contribution in [2.45, 2.75) is 84.0 Å². The van der Waals surface area contributed by atoms with Gasteiger partial charge in [-0.15, -0.1) is 0 Å². The number of phenolic OH excluding ortho intramolecular Hbond substituents is 2. The Bertz CT molecular complexity index is 898. The minimum Gasteiger partial charge on any atom is -0.507 e. The number of hydrogen-bond acceptors (Lipinski definition) is 2. The molecule has 2 nitrogen and oxygen atoms in total. The molecule has 154 valence electrons. The van der Waals surface area contributed by atoms with E-state index < -0.39 is 0 Å². The first-order valence-corrected chi connectivity index (χ1v) is 11.2. The highest BCUT2D eigenvalue weighted by Crippen LogP contribution is 2.70. The highest BCUT2D eigenvalue weighted by molar-refractivity contribution is 5.49. The summed E-state index contributed by atoms with van der Waals surface area (Å²) in [6, 6.07) is 9.05. The topological polar surface area (TPSA) is 40.5 Å². The molecular formula is C27H34O2. The molecule has 2 atom stereocenters. The zero-order valence-corrected chi connectivity index (χ0v) is 18.5. The van der Waals surface area contributed by atoms with Crippen LogP contribution >= 0.6 is 0 Å². The normalized spacial score (nSPS) is 35.3. The Hall–Kier alpha value is -1.96. The van der Waals surface area contributed by atoms with Crippen LogP contribution in [0.25, 0.3) is 0 Å². The van der Waals surface area contributed by atoms with Crippen LogP contribution in [0.15, 0.2) is 24.3 Å². The molecule has 4 aliphatic carbocycles. The quantitative estimate of drug-likeness (QED) is 0.613. The first-order chi connectivity index (χ1) is 13.5. The molecule has 6 rings (SSSR count). The first kappa shape index (κ1) is 19.0. The zero-order chi connectivity index (χ0) is 20.8. The SMILES string of the molecule is Cc1cc(C23CC4CC(C)(C2)CC(c2cc(C)c(O)c(C)c2)(C4)C3)cc(C)c1O. The van der Waals surface area contributed by atoms with E-state index in [-0.39, 0.29) is 10.8 Å². The fourth-order valence-corrected chi connectivity index (χ4v) is 8.09. The molecule has 4 saturated carbocycles. The molecule has 2 heteroatoms. The van der Waals surface area contributed by atoms with Crippen molar-refractivity contribution in [3.8, 4) is 11.5 Å². The van der Waals surface area contributed by atoms with E-state index >= 15 is 0 Å². The van der Waals surface area contributed by atoms with Crippen LogP contribution in [-0.2, 0) is 10.8 Å². The number of aromatic hydroxyl groups is 2. The lowest BCUT2D eigenvalue weighted by atomic mass is 9.38. The van der Waals surface area contributed by atoms with Crippen molar-refractivity contribution in [1.82, 2.24) is 0 Å². The predicted molar refractivity (Wildman–Crippen MR) is 118 cm³/mol. The van der Waals surface area contributed by atoms with Crippen LogP contribution in [0.5, 0.6) is 11.5 Å². The summed E-state index contributed by atoms with van der Waals surface area (Å²) in [5.74, 6) is 1.66. The maximum atomic E-state index is 10.4. The Kier molecular flexibility index (Phi) is 3.81. The molecule has 2 unspecified atom stereocenters. The molecule has 0 amide bonds. The van der Waals surface area contributed by atoms with Crippen LogP contribution in [0, 0.1) is 39.0 Å². The maximum Gasteiger partial charge on any atom is 0.121 e. The van der Waals surface area contributed by atoms with Gasteiger partial charge in [0.25, 0.3) is 0 Å². The van der Waals surface area contributed by atoms with E-state index in [4.69, 9.17) is 0 Å². The van der Waals surface area contributed by atoms with Crippen molar-refractivity contribution < 1.29 is 10.2 Å². The molecule has 2 aromatic rings. The largest absolute Gasteiger partial charge is 0.507 e. The Morgan fingerprint density at radius 2 is 1.03 bits per heavy atom. The van der Waals surface area contributed by atoms with Gasteiger partial charge in [0.2, 0.25) is 0 Å². The van der Waals surface area contributed by atoms with E-state index in [1.807, 2.05) is 27.7 Å². The summed E-state index contributed by atoms with van der Waals surface area (Å²) < 4.78 is 0. The number of phenols is 2. The van der Waals surface area contributed by atoms with Gasteiger partial charge in [0, 0.05) is 0 Å². The Morgan fingerprint density at radius 1 is 0.655 bits per heavy atom. The van der Waals surface area contributed by atoms with Gasteiger partial charge in [0.1, 0.15) is 11.5 Å². The fraction of sp³-hybridized carbons (Fsp3) is 0.556. The van der Waals surface area contributed by atoms with Gasteiger partial charge < -0.3 is 10.2 Å². The third kappa shape index (κ3) is 2.67. The third-order valence-electron chi connectivity index (χ3n) is 8.55. The summed E-state index contributed by atoms with van der Waals surface area (Å²) in [7, 11) is 0. The highest BCUT2D eigenvalue weighted by Gasteiger charge is 2.62. The zero-order valence-electron chi connectivity index (χ0n) is 18.5. The van der Waals surface area contributed by atoms with Crippen molar-refractivity contribution in [2.75, 3.05) is 0 Å². The number of benzene rings is 2. The lowest BCUT2D eigenvalue weighted by Crippen LogP contribution is -2.59. The highest BCUT2D eigenvalue weighted by atomic mass is 16.3. The van der Waals surface area contributed by atoms with Gasteiger partial charge in [-0.2, -0.15) is 0 Å². The van der Waals surface area contributed by atoms with Gasteiger partial charge in [-0.25, -0.2) is 0 Å². The molecule has 0 aliphatic heterocycles. The van der Waals surface area contributed by atoms with Gasteiger partial charge in [-0.05, 0) is 122 Å². The van der Waals surface area contributed by atoms with Gasteiger partial charge in [-0.1, -0.05) is 31.2 Å². The van der Waals surface area contributed by atoms with Crippen LogP contribution in [0.1, 0.15) is 78.8 Å². The summed E-state index contributed by atoms with van der Waals surface area (Å²) in [5, 5.41) is 20.7. The number of aryl methyl sites for hydroxylation is 4. The smallest absolute Gasteiger partial charge is 0.121 e. The second-order valence-electron chi connectivity index (χ2n) is 11.3. The van der Waals surface area contributed by atoms with E-state index in [1.165, 1.54) is 49.7 Å². The van der Waals surface area contributed by atoms with E-state index in [0.29, 0.717) is 16.9 Å². The van der Waals surface area contributed by atoms with Gasteiger partial charge in [-0.3, -0.25) is 0 Å². The van der Waals surface area contributed by atoms with Crippen molar-refractivity contribution >= 4 is 0 Å². The molecule has 4 aliphatic rings. The Morgan fingerprint density at radius 3 is 1.38 bits per heavy atom. The average molecular weight is 391 g/mol. The van der Waals surface area contributed by atoms with Crippen molar-refractivity contribution in [1.29, 1.82) is 0 Å². The molecule has 0 radical (unpaired) electrons. The summed E-state index contributed by atoms with van der Waals surface area (Å²) in [5.41, 5.74) is 7.69. The summed E-state index contributed by atoms with van der Waals surface area (Å²) in [4.78, 5) is 0. The molecule has 4 fully saturated rings. The van der Waals surface area contributed by atoms with E-state index in [1.54, 1.807) is 0 Å². The minimum absolute atomic E-state index is 0.205. The molecular weight excluding hydrogens is 356 g/mol. The van der Waals surface area contributed by atoms with Crippen molar-refractivity contribution in [2.24, 2.45) is 11.3 Å². The fourth-order valence-electron chi connectivity index (χ4n) is 8.09. The van der Waals surface area contributed by atoms with Crippen LogP contribution in [0.2, 0.25) is 0 Å². The van der Waals surface area contributed by atoms with E-state index in [9.17, 15) is 10.2 Å². The molecule has 0 heterocycles. The van der Waals surface area contributed by atoms with E-state index in [2.05, 4.69) is 31.2 Å². The standard InChI is InChI=1S/C27H34O2/c1-16-6-21(7-17(2)23(16)28)26-11-20-10-25(5,13-26)14-27(12-20,15-26)22-8-18(3)24(29)19(4)9-22/h6-9,20,28-29H,10-15H2,1-5H3. The van der Waals surface area contributed by atoms with Crippen LogP contribution in [-0.4, -0.2) is 10.2 Å². The lowest BCUT2D eigenvalue weighted by molar-refractivity contribution is -0.0808. The molecule has 29 heavy (non-hydrogen) atoms. The summed E-state index contributed by atoms with van der Waals surface area (Å²) in [6.45, 7) is 10.7. The van der Waals surface area contributed by atoms with Crippen LogP contribution < -0.4 is 0 Å².